The highest BCUT2D eigenvalue weighted by Crippen LogP contribution is 2.27. The van der Waals surface area contributed by atoms with E-state index in [9.17, 15) is 19.7 Å². The molecule has 0 fully saturated rings. The molecule has 0 aliphatic heterocycles. The van der Waals surface area contributed by atoms with Gasteiger partial charge in [-0.05, 0) is 41.7 Å². The lowest BCUT2D eigenvalue weighted by atomic mass is 9.87. The molecule has 0 unspecified atom stereocenters. The maximum absolute atomic E-state index is 12.2. The number of carbonyl (C=O) groups is 2. The van der Waals surface area contributed by atoms with Crippen LogP contribution in [0.3, 0.4) is 0 Å². The molecule has 2 aromatic rings. The number of nitrogens with one attached hydrogen (secondary N) is 1. The van der Waals surface area contributed by atoms with Crippen LogP contribution in [0.5, 0.6) is 5.75 Å². The molecular weight excluding hydrogens is 348 g/mol. The van der Waals surface area contributed by atoms with Gasteiger partial charge in [0, 0.05) is 11.6 Å². The van der Waals surface area contributed by atoms with Crippen LogP contribution in [-0.2, 0) is 10.2 Å². The average molecular weight is 370 g/mol. The minimum absolute atomic E-state index is 0.0253. The van der Waals surface area contributed by atoms with Gasteiger partial charge in [-0.1, -0.05) is 39.0 Å². The molecule has 2 amide bonds. The van der Waals surface area contributed by atoms with Crippen molar-refractivity contribution in [1.82, 2.24) is 5.32 Å². The number of nitrogens with zero attached hydrogens (tertiary/aromatic N) is 1. The van der Waals surface area contributed by atoms with Crippen molar-refractivity contribution in [3.05, 3.63) is 69.3 Å². The maximum Gasteiger partial charge on any atom is 0.311 e. The Labute approximate surface area is 157 Å². The molecule has 27 heavy (non-hydrogen) atoms. The van der Waals surface area contributed by atoms with Gasteiger partial charge < -0.3 is 4.74 Å². The standard InChI is InChI=1S/C20H22N2O5/c1-13-5-10-17(16(11-13)22(25)26)27-12-18(23)21-19(24)14-6-8-15(9-7-14)20(2,3)4/h5-11H,12H2,1-4H3,(H,21,23,24). The summed E-state index contributed by atoms with van der Waals surface area (Å²) in [4.78, 5) is 34.6. The number of benzene rings is 2. The van der Waals surface area contributed by atoms with Crippen molar-refractivity contribution < 1.29 is 19.2 Å². The summed E-state index contributed by atoms with van der Waals surface area (Å²) < 4.78 is 5.21. The predicted octanol–water partition coefficient (Wildman–Crippen LogP) is 3.54. The lowest BCUT2D eigenvalue weighted by Gasteiger charge is -2.19. The Morgan fingerprint density at radius 3 is 2.30 bits per heavy atom. The SMILES string of the molecule is Cc1ccc(OCC(=O)NC(=O)c2ccc(C(C)(C)C)cc2)c([N+](=O)[O-])c1. The predicted molar refractivity (Wildman–Crippen MR) is 101 cm³/mol. The Hall–Kier alpha value is -3.22. The largest absolute Gasteiger partial charge is 0.477 e. The van der Waals surface area contributed by atoms with Crippen molar-refractivity contribution >= 4 is 17.5 Å². The average Bonchev–Trinajstić information content (AvgIpc) is 2.59. The summed E-state index contributed by atoms with van der Waals surface area (Å²) in [5.41, 5.74) is 1.85. The van der Waals surface area contributed by atoms with E-state index in [1.807, 2.05) is 12.1 Å². The van der Waals surface area contributed by atoms with Gasteiger partial charge in [-0.15, -0.1) is 0 Å². The zero-order valence-electron chi connectivity index (χ0n) is 15.7. The van der Waals surface area contributed by atoms with Crippen LogP contribution in [0.25, 0.3) is 0 Å². The molecule has 1 N–H and O–H groups in total. The second-order valence-electron chi connectivity index (χ2n) is 7.22. The van der Waals surface area contributed by atoms with Crippen molar-refractivity contribution in [3.8, 4) is 5.75 Å². The number of aryl methyl sites for hydroxylation is 1. The number of nitro groups is 1. The summed E-state index contributed by atoms with van der Waals surface area (Å²) in [6.07, 6.45) is 0. The molecular formula is C20H22N2O5. The Bertz CT molecular complexity index is 867. The highest BCUT2D eigenvalue weighted by atomic mass is 16.6. The van der Waals surface area contributed by atoms with E-state index in [-0.39, 0.29) is 16.9 Å². The van der Waals surface area contributed by atoms with Gasteiger partial charge in [0.05, 0.1) is 4.92 Å². The van der Waals surface area contributed by atoms with Gasteiger partial charge in [0.25, 0.3) is 11.8 Å². The quantitative estimate of drug-likeness (QED) is 0.641. The summed E-state index contributed by atoms with van der Waals surface area (Å²) in [6, 6.07) is 11.4. The number of nitro benzene ring substituents is 1. The topological polar surface area (TPSA) is 98.5 Å². The molecule has 0 heterocycles. The van der Waals surface area contributed by atoms with Crippen LogP contribution in [0, 0.1) is 17.0 Å². The van der Waals surface area contributed by atoms with Gasteiger partial charge in [0.1, 0.15) is 0 Å². The van der Waals surface area contributed by atoms with E-state index in [0.29, 0.717) is 11.1 Å². The van der Waals surface area contributed by atoms with Crippen LogP contribution in [-0.4, -0.2) is 23.3 Å². The molecule has 0 bridgehead atoms. The van der Waals surface area contributed by atoms with E-state index in [4.69, 9.17) is 4.74 Å². The maximum atomic E-state index is 12.2. The van der Waals surface area contributed by atoms with Gasteiger partial charge in [-0.3, -0.25) is 25.0 Å². The fraction of sp³-hybridized carbons (Fsp3) is 0.300. The Morgan fingerprint density at radius 1 is 1.11 bits per heavy atom. The molecule has 7 heteroatoms. The van der Waals surface area contributed by atoms with Crippen molar-refractivity contribution in [2.75, 3.05) is 6.61 Å². The molecule has 0 aromatic heterocycles. The molecule has 0 saturated heterocycles. The number of carbonyl (C=O) groups excluding carboxylic acids is 2. The van der Waals surface area contributed by atoms with E-state index in [1.54, 1.807) is 25.1 Å². The zero-order chi connectivity index (χ0) is 20.2. The smallest absolute Gasteiger partial charge is 0.311 e. The molecule has 2 rings (SSSR count). The zero-order valence-corrected chi connectivity index (χ0v) is 15.7. The fourth-order valence-electron chi connectivity index (χ4n) is 2.39. The van der Waals surface area contributed by atoms with E-state index in [0.717, 1.165) is 5.56 Å². The number of ether oxygens (including phenoxy) is 1. The van der Waals surface area contributed by atoms with E-state index in [1.165, 1.54) is 12.1 Å². The van der Waals surface area contributed by atoms with Crippen LogP contribution in [0.15, 0.2) is 42.5 Å². The Kier molecular flexibility index (Phi) is 5.95. The Morgan fingerprint density at radius 2 is 1.74 bits per heavy atom. The fourth-order valence-corrected chi connectivity index (χ4v) is 2.39. The van der Waals surface area contributed by atoms with Crippen LogP contribution >= 0.6 is 0 Å². The van der Waals surface area contributed by atoms with Crippen LogP contribution in [0.4, 0.5) is 5.69 Å². The van der Waals surface area contributed by atoms with Crippen LogP contribution < -0.4 is 10.1 Å². The van der Waals surface area contributed by atoms with Gasteiger partial charge >= 0.3 is 5.69 Å². The summed E-state index contributed by atoms with van der Waals surface area (Å²) >= 11 is 0. The normalized spacial score (nSPS) is 11.0. The van der Waals surface area contributed by atoms with Gasteiger partial charge in [0.2, 0.25) is 0 Å². The Balaban J connectivity index is 1.98. The molecule has 142 valence electrons. The van der Waals surface area contributed by atoms with Gasteiger partial charge in [-0.25, -0.2) is 0 Å². The van der Waals surface area contributed by atoms with E-state index < -0.39 is 23.3 Å². The van der Waals surface area contributed by atoms with Crippen molar-refractivity contribution in [2.24, 2.45) is 0 Å². The van der Waals surface area contributed by atoms with Gasteiger partial charge in [-0.2, -0.15) is 0 Å². The molecule has 0 spiro atoms. The first-order valence-corrected chi connectivity index (χ1v) is 8.40. The molecule has 0 saturated carbocycles. The second-order valence-corrected chi connectivity index (χ2v) is 7.22. The van der Waals surface area contributed by atoms with Crippen LogP contribution in [0.1, 0.15) is 42.3 Å². The first kappa shape index (κ1) is 20.1. The van der Waals surface area contributed by atoms with E-state index >= 15 is 0 Å². The first-order valence-electron chi connectivity index (χ1n) is 8.40. The lowest BCUT2D eigenvalue weighted by Crippen LogP contribution is -2.34. The third-order valence-corrected chi connectivity index (χ3v) is 3.94. The lowest BCUT2D eigenvalue weighted by molar-refractivity contribution is -0.385. The molecule has 0 radical (unpaired) electrons. The molecule has 2 aromatic carbocycles. The van der Waals surface area contributed by atoms with Crippen molar-refractivity contribution in [2.45, 2.75) is 33.1 Å². The number of imide groups is 1. The van der Waals surface area contributed by atoms with E-state index in [2.05, 4.69) is 26.1 Å². The number of hydrogen-bond acceptors (Lipinski definition) is 5. The second kappa shape index (κ2) is 7.99. The summed E-state index contributed by atoms with van der Waals surface area (Å²) in [5, 5.41) is 13.3. The third-order valence-electron chi connectivity index (χ3n) is 3.94. The number of rotatable bonds is 5. The monoisotopic (exact) mass is 370 g/mol. The minimum atomic E-state index is -0.685. The van der Waals surface area contributed by atoms with Crippen LogP contribution in [0.2, 0.25) is 0 Å². The molecule has 0 aliphatic carbocycles. The third kappa shape index (κ3) is 5.37. The molecule has 0 aliphatic rings. The summed E-state index contributed by atoms with van der Waals surface area (Å²) in [6.45, 7) is 7.40. The number of amides is 2. The highest BCUT2D eigenvalue weighted by molar-refractivity contribution is 6.05. The first-order chi connectivity index (χ1) is 12.6. The van der Waals surface area contributed by atoms with Gasteiger partial charge in [0.15, 0.2) is 12.4 Å². The van der Waals surface area contributed by atoms with Crippen molar-refractivity contribution in [3.63, 3.8) is 0 Å². The highest BCUT2D eigenvalue weighted by Gasteiger charge is 2.18. The minimum Gasteiger partial charge on any atom is -0.477 e. The number of hydrogen-bond donors (Lipinski definition) is 1. The summed E-state index contributed by atoms with van der Waals surface area (Å²) in [7, 11) is 0. The van der Waals surface area contributed by atoms with Crippen molar-refractivity contribution in [1.29, 1.82) is 0 Å². The molecule has 0 atom stereocenters. The molecule has 7 nitrogen and oxygen atoms in total. The summed E-state index contributed by atoms with van der Waals surface area (Å²) in [5.74, 6) is -1.26.